The highest BCUT2D eigenvalue weighted by Crippen LogP contribution is 2.14. The van der Waals surface area contributed by atoms with Crippen LogP contribution in [0.4, 0.5) is 0 Å². The van der Waals surface area contributed by atoms with Gasteiger partial charge in [0.2, 0.25) is 0 Å². The molecule has 2 aromatic rings. The minimum atomic E-state index is -0.120. The molecule has 0 saturated carbocycles. The van der Waals surface area contributed by atoms with Crippen LogP contribution in [0.5, 0.6) is 5.75 Å². The Labute approximate surface area is 132 Å². The van der Waals surface area contributed by atoms with Crippen molar-refractivity contribution in [2.24, 2.45) is 5.73 Å². The Morgan fingerprint density at radius 3 is 2.27 bits per heavy atom. The second-order valence-corrected chi connectivity index (χ2v) is 4.34. The summed E-state index contributed by atoms with van der Waals surface area (Å²) < 4.78 is 5.66. The maximum atomic E-state index is 11.7. The minimum absolute atomic E-state index is 0.120. The molecule has 4 heteroatoms. The summed E-state index contributed by atoms with van der Waals surface area (Å²) in [4.78, 5) is 11.7. The van der Waals surface area contributed by atoms with Crippen LogP contribution in [0, 0.1) is 0 Å². The highest BCUT2D eigenvalue weighted by Gasteiger charge is 2.04. The molecule has 3 N–H and O–H groups in total. The number of rotatable bonds is 6. The first kappa shape index (κ1) is 17.7. The van der Waals surface area contributed by atoms with Crippen LogP contribution in [0.25, 0.3) is 0 Å². The molecule has 0 aliphatic heterocycles. The molecule has 0 saturated heterocycles. The van der Waals surface area contributed by atoms with Gasteiger partial charge in [-0.2, -0.15) is 0 Å². The Balaban J connectivity index is 0.00000116. The molecule has 0 radical (unpaired) electrons. The Morgan fingerprint density at radius 1 is 1.05 bits per heavy atom. The number of carbonyl (C=O) groups excluding carboxylic acids is 1. The van der Waals surface area contributed by atoms with E-state index in [9.17, 15) is 4.79 Å². The van der Waals surface area contributed by atoms with Gasteiger partial charge in [0.15, 0.2) is 0 Å². The molecule has 4 nitrogen and oxygen atoms in total. The molecule has 1 amide bonds. The van der Waals surface area contributed by atoms with Crippen molar-refractivity contribution in [2.45, 2.75) is 20.5 Å². The largest absolute Gasteiger partial charge is 0.489 e. The highest BCUT2D eigenvalue weighted by molar-refractivity contribution is 5.94. The third-order valence-corrected chi connectivity index (χ3v) is 2.79. The maximum absolute atomic E-state index is 11.7. The lowest BCUT2D eigenvalue weighted by molar-refractivity contribution is 0.0954. The molecule has 0 unspecified atom stereocenters. The van der Waals surface area contributed by atoms with E-state index in [0.717, 1.165) is 11.3 Å². The number of nitrogens with one attached hydrogen (secondary N) is 1. The maximum Gasteiger partial charge on any atom is 0.251 e. The molecule has 0 atom stereocenters. The molecule has 22 heavy (non-hydrogen) atoms. The van der Waals surface area contributed by atoms with Gasteiger partial charge in [0.25, 0.3) is 5.91 Å². The minimum Gasteiger partial charge on any atom is -0.489 e. The van der Waals surface area contributed by atoms with Gasteiger partial charge in [-0.15, -0.1) is 0 Å². The lowest BCUT2D eigenvalue weighted by Gasteiger charge is -2.07. The molecule has 0 aliphatic carbocycles. The number of carbonyl (C=O) groups is 1. The summed E-state index contributed by atoms with van der Waals surface area (Å²) in [5, 5.41) is 2.72. The van der Waals surface area contributed by atoms with E-state index in [-0.39, 0.29) is 5.91 Å². The molecule has 0 aromatic heterocycles. The summed E-state index contributed by atoms with van der Waals surface area (Å²) in [6.45, 7) is 5.43. The summed E-state index contributed by atoms with van der Waals surface area (Å²) in [6.07, 6.45) is 0. The second kappa shape index (κ2) is 10.4. The van der Waals surface area contributed by atoms with E-state index in [1.54, 1.807) is 24.3 Å². The van der Waals surface area contributed by atoms with E-state index in [1.165, 1.54) is 0 Å². The monoisotopic (exact) mass is 300 g/mol. The fourth-order valence-corrected chi connectivity index (χ4v) is 1.73. The normalized spacial score (nSPS) is 9.41. The van der Waals surface area contributed by atoms with E-state index in [4.69, 9.17) is 10.5 Å². The Morgan fingerprint density at radius 2 is 1.68 bits per heavy atom. The fraction of sp³-hybridized carbons (Fsp3) is 0.278. The van der Waals surface area contributed by atoms with E-state index >= 15 is 0 Å². The zero-order valence-electron chi connectivity index (χ0n) is 13.2. The third kappa shape index (κ3) is 5.97. The van der Waals surface area contributed by atoms with Gasteiger partial charge < -0.3 is 15.8 Å². The van der Waals surface area contributed by atoms with Crippen molar-refractivity contribution in [3.8, 4) is 5.75 Å². The first-order valence-corrected chi connectivity index (χ1v) is 7.54. The topological polar surface area (TPSA) is 64.3 Å². The number of nitrogens with two attached hydrogens (primary N) is 1. The smallest absolute Gasteiger partial charge is 0.251 e. The predicted octanol–water partition coefficient (Wildman–Crippen LogP) is 2.98. The molecular weight excluding hydrogens is 276 g/mol. The average Bonchev–Trinajstić information content (AvgIpc) is 2.61. The van der Waals surface area contributed by atoms with Gasteiger partial charge in [-0.05, 0) is 29.8 Å². The van der Waals surface area contributed by atoms with Crippen molar-refractivity contribution in [3.05, 3.63) is 65.7 Å². The summed E-state index contributed by atoms with van der Waals surface area (Å²) in [5.74, 6) is 0.620. The first-order valence-electron chi connectivity index (χ1n) is 7.54. The Kier molecular flexibility index (Phi) is 8.38. The summed E-state index contributed by atoms with van der Waals surface area (Å²) in [6, 6.07) is 17.0. The Bertz CT molecular complexity index is 539. The number of ether oxygens (including phenoxy) is 1. The van der Waals surface area contributed by atoms with E-state index < -0.39 is 0 Å². The molecular formula is C18H24N2O2. The van der Waals surface area contributed by atoms with Gasteiger partial charge in [-0.1, -0.05) is 44.2 Å². The number of hydrogen-bond acceptors (Lipinski definition) is 3. The molecule has 0 bridgehead atoms. The van der Waals surface area contributed by atoms with Gasteiger partial charge in [-0.3, -0.25) is 4.79 Å². The van der Waals surface area contributed by atoms with Gasteiger partial charge >= 0.3 is 0 Å². The first-order chi connectivity index (χ1) is 10.8. The molecule has 0 fully saturated rings. The lowest BCUT2D eigenvalue weighted by Crippen LogP contribution is -2.28. The SMILES string of the molecule is CC.NCCNC(=O)c1ccc(OCc2ccccc2)cc1. The van der Waals surface area contributed by atoms with Crippen molar-refractivity contribution in [3.63, 3.8) is 0 Å². The van der Waals surface area contributed by atoms with Gasteiger partial charge in [0.1, 0.15) is 12.4 Å². The molecule has 2 rings (SSSR count). The highest BCUT2D eigenvalue weighted by atomic mass is 16.5. The zero-order valence-corrected chi connectivity index (χ0v) is 13.2. The van der Waals surface area contributed by atoms with Crippen LogP contribution < -0.4 is 15.8 Å². The summed E-state index contributed by atoms with van der Waals surface area (Å²) >= 11 is 0. The lowest BCUT2D eigenvalue weighted by atomic mass is 10.2. The summed E-state index contributed by atoms with van der Waals surface area (Å²) in [5.41, 5.74) is 7.05. The van der Waals surface area contributed by atoms with Crippen molar-refractivity contribution < 1.29 is 9.53 Å². The third-order valence-electron chi connectivity index (χ3n) is 2.79. The van der Waals surface area contributed by atoms with Crippen LogP contribution in [-0.4, -0.2) is 19.0 Å². The molecule has 118 valence electrons. The second-order valence-electron chi connectivity index (χ2n) is 4.34. The standard InChI is InChI=1S/C16H18N2O2.C2H6/c17-10-11-18-16(19)14-6-8-15(9-7-14)20-12-13-4-2-1-3-5-13;1-2/h1-9H,10-12,17H2,(H,18,19);1-2H3. The molecule has 2 aromatic carbocycles. The number of benzene rings is 2. The van der Waals surface area contributed by atoms with Crippen LogP contribution >= 0.6 is 0 Å². The quantitative estimate of drug-likeness (QED) is 0.862. The fourth-order valence-electron chi connectivity index (χ4n) is 1.73. The van der Waals surface area contributed by atoms with E-state index in [1.807, 2.05) is 44.2 Å². The van der Waals surface area contributed by atoms with Crippen molar-refractivity contribution >= 4 is 5.91 Å². The molecule has 0 heterocycles. The van der Waals surface area contributed by atoms with Crippen LogP contribution in [0.1, 0.15) is 29.8 Å². The molecule has 0 spiro atoms. The van der Waals surface area contributed by atoms with Gasteiger partial charge in [0, 0.05) is 18.7 Å². The van der Waals surface area contributed by atoms with E-state index in [2.05, 4.69) is 5.32 Å². The zero-order chi connectivity index (χ0) is 16.2. The van der Waals surface area contributed by atoms with Crippen LogP contribution in [-0.2, 0) is 6.61 Å². The van der Waals surface area contributed by atoms with Gasteiger partial charge in [-0.25, -0.2) is 0 Å². The summed E-state index contributed by atoms with van der Waals surface area (Å²) in [7, 11) is 0. The predicted molar refractivity (Wildman–Crippen MR) is 90.0 cm³/mol. The number of amides is 1. The Hall–Kier alpha value is -2.33. The van der Waals surface area contributed by atoms with Crippen LogP contribution in [0.15, 0.2) is 54.6 Å². The van der Waals surface area contributed by atoms with Crippen molar-refractivity contribution in [1.29, 1.82) is 0 Å². The number of hydrogen-bond donors (Lipinski definition) is 2. The van der Waals surface area contributed by atoms with Crippen molar-refractivity contribution in [2.75, 3.05) is 13.1 Å². The van der Waals surface area contributed by atoms with Crippen LogP contribution in [0.3, 0.4) is 0 Å². The van der Waals surface area contributed by atoms with Gasteiger partial charge in [0.05, 0.1) is 0 Å². The van der Waals surface area contributed by atoms with Crippen molar-refractivity contribution in [1.82, 2.24) is 5.32 Å². The molecule has 0 aliphatic rings. The average molecular weight is 300 g/mol. The van der Waals surface area contributed by atoms with Crippen LogP contribution in [0.2, 0.25) is 0 Å². The van der Waals surface area contributed by atoms with E-state index in [0.29, 0.717) is 25.3 Å².